The number of nitrogens with zero attached hydrogens (tertiary/aromatic N) is 2. The molecule has 0 aromatic rings. The highest BCUT2D eigenvalue weighted by Gasteiger charge is 2.36. The van der Waals surface area contributed by atoms with Crippen LogP contribution < -0.4 is 0 Å². The number of carbonyl (C=O) groups is 2. The van der Waals surface area contributed by atoms with Gasteiger partial charge in [0.1, 0.15) is 6.04 Å². The summed E-state index contributed by atoms with van der Waals surface area (Å²) >= 11 is 1.61. The Bertz CT molecular complexity index is 347. The largest absolute Gasteiger partial charge is 0.480 e. The Hall–Kier alpha value is -0.910. The lowest BCUT2D eigenvalue weighted by Gasteiger charge is -2.36. The molecule has 1 unspecified atom stereocenters. The lowest BCUT2D eigenvalue weighted by Crippen LogP contribution is -2.55. The second-order valence-electron chi connectivity index (χ2n) is 5.29. The van der Waals surface area contributed by atoms with Gasteiger partial charge in [-0.1, -0.05) is 6.92 Å². The number of hydrogen-bond acceptors (Lipinski definition) is 3. The zero-order valence-corrected chi connectivity index (χ0v) is 12.2. The lowest BCUT2D eigenvalue weighted by molar-refractivity contribution is -0.141. The summed E-state index contributed by atoms with van der Waals surface area (Å²) in [7, 11) is 0. The van der Waals surface area contributed by atoms with E-state index in [0.29, 0.717) is 18.2 Å². The normalized spacial score (nSPS) is 23.2. The van der Waals surface area contributed by atoms with E-state index in [4.69, 9.17) is 0 Å². The number of urea groups is 1. The fourth-order valence-corrected chi connectivity index (χ4v) is 3.40. The van der Waals surface area contributed by atoms with Crippen molar-refractivity contribution in [3.05, 3.63) is 0 Å². The van der Waals surface area contributed by atoms with Gasteiger partial charge in [0, 0.05) is 31.1 Å². The van der Waals surface area contributed by atoms with Crippen molar-refractivity contribution in [3.8, 4) is 0 Å². The van der Waals surface area contributed by atoms with E-state index in [1.54, 1.807) is 16.7 Å². The van der Waals surface area contributed by atoms with Crippen LogP contribution in [0.2, 0.25) is 0 Å². The van der Waals surface area contributed by atoms with Crippen molar-refractivity contribution in [2.75, 3.05) is 31.1 Å². The summed E-state index contributed by atoms with van der Waals surface area (Å²) in [5.74, 6) is 1.09. The summed E-state index contributed by atoms with van der Waals surface area (Å²) in [4.78, 5) is 27.2. The molecule has 0 bridgehead atoms. The quantitative estimate of drug-likeness (QED) is 0.836. The summed E-state index contributed by atoms with van der Waals surface area (Å²) in [6.45, 7) is 4.12. The summed E-state index contributed by atoms with van der Waals surface area (Å²) in [5.41, 5.74) is 0. The second-order valence-corrected chi connectivity index (χ2v) is 6.44. The molecule has 1 N–H and O–H groups in total. The first-order chi connectivity index (χ1) is 9.13. The van der Waals surface area contributed by atoms with Crippen molar-refractivity contribution < 1.29 is 14.7 Å². The van der Waals surface area contributed by atoms with Gasteiger partial charge in [0.05, 0.1) is 0 Å². The number of carboxylic acid groups (broad SMARTS) is 1. The smallest absolute Gasteiger partial charge is 0.327 e. The molecule has 0 aromatic carbocycles. The Morgan fingerprint density at radius 2 is 2.16 bits per heavy atom. The van der Waals surface area contributed by atoms with E-state index in [1.165, 1.54) is 12.8 Å². The zero-order chi connectivity index (χ0) is 13.8. The minimum atomic E-state index is -0.886. The second kappa shape index (κ2) is 6.50. The number of aliphatic carboxylic acids is 1. The van der Waals surface area contributed by atoms with Crippen LogP contribution in [0.1, 0.15) is 26.2 Å². The molecule has 2 rings (SSSR count). The van der Waals surface area contributed by atoms with Crippen molar-refractivity contribution in [1.29, 1.82) is 0 Å². The molecule has 1 saturated carbocycles. The third kappa shape index (κ3) is 3.78. The molecule has 0 spiro atoms. The van der Waals surface area contributed by atoms with E-state index >= 15 is 0 Å². The van der Waals surface area contributed by atoms with Crippen LogP contribution in [0.25, 0.3) is 0 Å². The van der Waals surface area contributed by atoms with Gasteiger partial charge in [0.15, 0.2) is 0 Å². The zero-order valence-electron chi connectivity index (χ0n) is 11.4. The van der Waals surface area contributed by atoms with Gasteiger partial charge in [-0.15, -0.1) is 0 Å². The highest BCUT2D eigenvalue weighted by atomic mass is 32.2. The van der Waals surface area contributed by atoms with Crippen LogP contribution in [0.4, 0.5) is 4.79 Å². The SMILES string of the molecule is CCCN(CC1CC1)C(=O)N1CCSCC1C(=O)O. The van der Waals surface area contributed by atoms with Gasteiger partial charge in [-0.2, -0.15) is 11.8 Å². The Labute approximate surface area is 118 Å². The molecule has 2 fully saturated rings. The van der Waals surface area contributed by atoms with Crippen LogP contribution in [-0.2, 0) is 4.79 Å². The fourth-order valence-electron chi connectivity index (χ4n) is 2.37. The summed E-state index contributed by atoms with van der Waals surface area (Å²) in [6, 6.07) is -0.744. The van der Waals surface area contributed by atoms with Crippen molar-refractivity contribution in [1.82, 2.24) is 9.80 Å². The van der Waals surface area contributed by atoms with Crippen molar-refractivity contribution in [3.63, 3.8) is 0 Å². The monoisotopic (exact) mass is 286 g/mol. The minimum absolute atomic E-state index is 0.0820. The molecule has 6 heteroatoms. The maximum Gasteiger partial charge on any atom is 0.327 e. The first-order valence-electron chi connectivity index (χ1n) is 6.99. The molecule has 0 radical (unpaired) electrons. The lowest BCUT2D eigenvalue weighted by atomic mass is 10.2. The Morgan fingerprint density at radius 1 is 1.42 bits per heavy atom. The van der Waals surface area contributed by atoms with Crippen LogP contribution in [0, 0.1) is 5.92 Å². The van der Waals surface area contributed by atoms with Gasteiger partial charge in [0.25, 0.3) is 0 Å². The third-order valence-corrected chi connectivity index (χ3v) is 4.62. The van der Waals surface area contributed by atoms with Crippen molar-refractivity contribution >= 4 is 23.8 Å². The number of carboxylic acids is 1. The maximum atomic E-state index is 12.5. The van der Waals surface area contributed by atoms with E-state index in [-0.39, 0.29) is 6.03 Å². The van der Waals surface area contributed by atoms with Gasteiger partial charge >= 0.3 is 12.0 Å². The number of thioether (sulfide) groups is 1. The molecular formula is C13H22N2O3S. The molecule has 1 aliphatic heterocycles. The van der Waals surface area contributed by atoms with Gasteiger partial charge in [-0.3, -0.25) is 0 Å². The maximum absolute atomic E-state index is 12.5. The molecule has 1 atom stereocenters. The minimum Gasteiger partial charge on any atom is -0.480 e. The standard InChI is InChI=1S/C13H22N2O3S/c1-2-5-14(8-10-3-4-10)13(18)15-6-7-19-9-11(15)12(16)17/h10-11H,2-9H2,1H3,(H,16,17). The fraction of sp³-hybridized carbons (Fsp3) is 0.846. The molecule has 1 aliphatic carbocycles. The molecule has 5 nitrogen and oxygen atoms in total. The van der Waals surface area contributed by atoms with Crippen LogP contribution >= 0.6 is 11.8 Å². The van der Waals surface area contributed by atoms with E-state index in [9.17, 15) is 14.7 Å². The predicted octanol–water partition coefficient (Wildman–Crippen LogP) is 1.73. The molecular weight excluding hydrogens is 264 g/mol. The topological polar surface area (TPSA) is 60.9 Å². The molecule has 1 heterocycles. The van der Waals surface area contributed by atoms with E-state index in [2.05, 4.69) is 0 Å². The molecule has 1 saturated heterocycles. The first-order valence-corrected chi connectivity index (χ1v) is 8.15. The van der Waals surface area contributed by atoms with Gasteiger partial charge in [-0.25, -0.2) is 9.59 Å². The highest BCUT2D eigenvalue weighted by molar-refractivity contribution is 7.99. The number of carbonyl (C=O) groups excluding carboxylic acids is 1. The molecule has 0 aromatic heterocycles. The molecule has 19 heavy (non-hydrogen) atoms. The average Bonchev–Trinajstić information content (AvgIpc) is 3.21. The number of hydrogen-bond donors (Lipinski definition) is 1. The summed E-state index contributed by atoms with van der Waals surface area (Å²) in [6.07, 6.45) is 3.32. The molecule has 2 aliphatic rings. The third-order valence-electron chi connectivity index (χ3n) is 3.60. The van der Waals surface area contributed by atoms with Crippen molar-refractivity contribution in [2.24, 2.45) is 5.92 Å². The first kappa shape index (κ1) is 14.5. The predicted molar refractivity (Wildman–Crippen MR) is 75.4 cm³/mol. The van der Waals surface area contributed by atoms with Gasteiger partial charge in [-0.05, 0) is 25.2 Å². The van der Waals surface area contributed by atoms with E-state index in [0.717, 1.165) is 25.3 Å². The molecule has 108 valence electrons. The van der Waals surface area contributed by atoms with Gasteiger partial charge in [0.2, 0.25) is 0 Å². The van der Waals surface area contributed by atoms with Crippen LogP contribution in [0.3, 0.4) is 0 Å². The van der Waals surface area contributed by atoms with E-state index in [1.807, 2.05) is 11.8 Å². The average molecular weight is 286 g/mol. The Morgan fingerprint density at radius 3 is 2.74 bits per heavy atom. The van der Waals surface area contributed by atoms with Crippen molar-refractivity contribution in [2.45, 2.75) is 32.2 Å². The Balaban J connectivity index is 2.02. The number of amides is 2. The van der Waals surface area contributed by atoms with Crippen LogP contribution in [0.5, 0.6) is 0 Å². The number of rotatable bonds is 5. The molecule has 2 amide bonds. The highest BCUT2D eigenvalue weighted by Crippen LogP contribution is 2.30. The summed E-state index contributed by atoms with van der Waals surface area (Å²) < 4.78 is 0. The van der Waals surface area contributed by atoms with Crippen LogP contribution in [0.15, 0.2) is 0 Å². The summed E-state index contributed by atoms with van der Waals surface area (Å²) in [5, 5.41) is 9.24. The Kier molecular flexibility index (Phi) is 4.96. The van der Waals surface area contributed by atoms with Gasteiger partial charge < -0.3 is 14.9 Å². The van der Waals surface area contributed by atoms with E-state index < -0.39 is 12.0 Å². The van der Waals surface area contributed by atoms with Crippen LogP contribution in [-0.4, -0.2) is 64.1 Å².